The first-order chi connectivity index (χ1) is 14.4. The summed E-state index contributed by atoms with van der Waals surface area (Å²) >= 11 is 3.51. The van der Waals surface area contributed by atoms with Gasteiger partial charge in [0, 0.05) is 46.7 Å². The SMILES string of the molecule is Cc1cc(C(=O)Nc2cccc(CN3CCCC3=O)c2)c(C)n1-c1cccc(Br)c1. The molecule has 1 N–H and O–H groups in total. The molecule has 0 saturated carbocycles. The van der Waals surface area contributed by atoms with Crippen LogP contribution in [0.15, 0.2) is 59.1 Å². The van der Waals surface area contributed by atoms with Crippen molar-refractivity contribution < 1.29 is 9.59 Å². The van der Waals surface area contributed by atoms with Crippen molar-refractivity contribution in [3.63, 3.8) is 0 Å². The molecule has 0 spiro atoms. The van der Waals surface area contributed by atoms with Gasteiger partial charge >= 0.3 is 0 Å². The third kappa shape index (κ3) is 4.19. The molecule has 0 bridgehead atoms. The number of nitrogens with zero attached hydrogens (tertiary/aromatic N) is 2. The number of rotatable bonds is 5. The number of amides is 2. The number of hydrogen-bond acceptors (Lipinski definition) is 2. The third-order valence-electron chi connectivity index (χ3n) is 5.47. The average molecular weight is 466 g/mol. The summed E-state index contributed by atoms with van der Waals surface area (Å²) in [4.78, 5) is 26.8. The second-order valence-corrected chi connectivity index (χ2v) is 8.59. The highest BCUT2D eigenvalue weighted by Gasteiger charge is 2.20. The van der Waals surface area contributed by atoms with E-state index in [1.807, 2.05) is 73.3 Å². The van der Waals surface area contributed by atoms with Gasteiger partial charge in [-0.3, -0.25) is 9.59 Å². The Morgan fingerprint density at radius 3 is 2.63 bits per heavy atom. The van der Waals surface area contributed by atoms with Crippen molar-refractivity contribution >= 4 is 33.4 Å². The fraction of sp³-hybridized carbons (Fsp3) is 0.250. The summed E-state index contributed by atoms with van der Waals surface area (Å²) < 4.78 is 3.07. The van der Waals surface area contributed by atoms with Crippen LogP contribution in [-0.2, 0) is 11.3 Å². The third-order valence-corrected chi connectivity index (χ3v) is 5.97. The molecule has 2 amide bonds. The van der Waals surface area contributed by atoms with Crippen LogP contribution in [0.2, 0.25) is 0 Å². The summed E-state index contributed by atoms with van der Waals surface area (Å²) in [5.41, 5.74) is 5.29. The van der Waals surface area contributed by atoms with Gasteiger partial charge in [-0.15, -0.1) is 0 Å². The minimum atomic E-state index is -0.140. The smallest absolute Gasteiger partial charge is 0.257 e. The predicted octanol–water partition coefficient (Wildman–Crippen LogP) is 5.23. The first-order valence-electron chi connectivity index (χ1n) is 10.1. The van der Waals surface area contributed by atoms with Crippen LogP contribution in [0.25, 0.3) is 5.69 Å². The number of hydrogen-bond donors (Lipinski definition) is 1. The van der Waals surface area contributed by atoms with Crippen molar-refractivity contribution in [2.75, 3.05) is 11.9 Å². The first-order valence-corrected chi connectivity index (χ1v) is 10.8. The van der Waals surface area contributed by atoms with Gasteiger partial charge in [0.25, 0.3) is 5.91 Å². The molecule has 30 heavy (non-hydrogen) atoms. The largest absolute Gasteiger partial charge is 0.338 e. The predicted molar refractivity (Wildman–Crippen MR) is 122 cm³/mol. The number of carbonyl (C=O) groups excluding carboxylic acids is 2. The maximum absolute atomic E-state index is 13.0. The van der Waals surface area contributed by atoms with Crippen LogP contribution in [0.3, 0.4) is 0 Å². The van der Waals surface area contributed by atoms with Gasteiger partial charge < -0.3 is 14.8 Å². The number of carbonyl (C=O) groups is 2. The van der Waals surface area contributed by atoms with Crippen LogP contribution in [0, 0.1) is 13.8 Å². The van der Waals surface area contributed by atoms with E-state index < -0.39 is 0 Å². The zero-order valence-corrected chi connectivity index (χ0v) is 18.7. The highest BCUT2D eigenvalue weighted by molar-refractivity contribution is 9.10. The Balaban J connectivity index is 1.54. The Hall–Kier alpha value is -2.86. The summed E-state index contributed by atoms with van der Waals surface area (Å²) in [7, 11) is 0. The summed E-state index contributed by atoms with van der Waals surface area (Å²) in [6.45, 7) is 5.34. The van der Waals surface area contributed by atoms with E-state index in [2.05, 4.69) is 25.8 Å². The molecule has 1 aromatic heterocycles. The lowest BCUT2D eigenvalue weighted by atomic mass is 10.1. The molecule has 2 heterocycles. The van der Waals surface area contributed by atoms with E-state index in [-0.39, 0.29) is 11.8 Å². The van der Waals surface area contributed by atoms with E-state index in [1.54, 1.807) is 0 Å². The first kappa shape index (κ1) is 20.4. The molecule has 0 radical (unpaired) electrons. The molecule has 4 rings (SSSR count). The minimum Gasteiger partial charge on any atom is -0.338 e. The number of anilines is 1. The highest BCUT2D eigenvalue weighted by Crippen LogP contribution is 2.24. The van der Waals surface area contributed by atoms with Crippen molar-refractivity contribution in [1.82, 2.24) is 9.47 Å². The lowest BCUT2D eigenvalue weighted by molar-refractivity contribution is -0.128. The molecule has 0 unspecified atom stereocenters. The van der Waals surface area contributed by atoms with Crippen LogP contribution < -0.4 is 5.32 Å². The Morgan fingerprint density at radius 2 is 1.90 bits per heavy atom. The van der Waals surface area contributed by atoms with Crippen LogP contribution in [0.5, 0.6) is 0 Å². The van der Waals surface area contributed by atoms with Gasteiger partial charge in [0.1, 0.15) is 0 Å². The summed E-state index contributed by atoms with van der Waals surface area (Å²) in [5, 5.41) is 3.01. The number of nitrogens with one attached hydrogen (secondary N) is 1. The van der Waals surface area contributed by atoms with Crippen molar-refractivity contribution in [2.24, 2.45) is 0 Å². The Bertz CT molecular complexity index is 1120. The number of aromatic nitrogens is 1. The fourth-order valence-electron chi connectivity index (χ4n) is 4.04. The summed E-state index contributed by atoms with van der Waals surface area (Å²) in [6.07, 6.45) is 1.55. The van der Waals surface area contributed by atoms with E-state index in [9.17, 15) is 9.59 Å². The molecule has 2 aromatic carbocycles. The molecule has 1 aliphatic rings. The van der Waals surface area contributed by atoms with E-state index in [0.29, 0.717) is 18.5 Å². The van der Waals surface area contributed by atoms with Crippen LogP contribution in [0.1, 0.15) is 40.2 Å². The van der Waals surface area contributed by atoms with Crippen LogP contribution >= 0.6 is 15.9 Å². The lowest BCUT2D eigenvalue weighted by Gasteiger charge is -2.16. The number of halogens is 1. The van der Waals surface area contributed by atoms with Gasteiger partial charge in [-0.05, 0) is 62.2 Å². The second-order valence-electron chi connectivity index (χ2n) is 7.67. The zero-order valence-electron chi connectivity index (χ0n) is 17.1. The van der Waals surface area contributed by atoms with Crippen LogP contribution in [0.4, 0.5) is 5.69 Å². The summed E-state index contributed by atoms with van der Waals surface area (Å²) in [6, 6.07) is 17.6. The van der Waals surface area contributed by atoms with Crippen molar-refractivity contribution in [1.29, 1.82) is 0 Å². The quantitative estimate of drug-likeness (QED) is 0.560. The molecule has 1 fully saturated rings. The maximum Gasteiger partial charge on any atom is 0.257 e. The minimum absolute atomic E-state index is 0.140. The van der Waals surface area contributed by atoms with Crippen molar-refractivity contribution in [2.45, 2.75) is 33.2 Å². The van der Waals surface area contributed by atoms with Crippen LogP contribution in [-0.4, -0.2) is 27.8 Å². The maximum atomic E-state index is 13.0. The molecule has 3 aromatic rings. The van der Waals surface area contributed by atoms with Gasteiger partial charge in [0.15, 0.2) is 0 Å². The number of likely N-dealkylation sites (tertiary alicyclic amines) is 1. The molecule has 1 saturated heterocycles. The number of benzene rings is 2. The monoisotopic (exact) mass is 465 g/mol. The lowest BCUT2D eigenvalue weighted by Crippen LogP contribution is -2.23. The molecular formula is C24H24BrN3O2. The van der Waals surface area contributed by atoms with E-state index in [0.717, 1.165) is 45.8 Å². The highest BCUT2D eigenvalue weighted by atomic mass is 79.9. The normalized spacial score (nSPS) is 13.7. The number of aryl methyl sites for hydroxylation is 1. The van der Waals surface area contributed by atoms with Crippen molar-refractivity contribution in [3.8, 4) is 5.69 Å². The molecular weight excluding hydrogens is 442 g/mol. The zero-order chi connectivity index (χ0) is 21.3. The molecule has 1 aliphatic heterocycles. The average Bonchev–Trinajstić information content (AvgIpc) is 3.24. The van der Waals surface area contributed by atoms with Gasteiger partial charge in [-0.1, -0.05) is 34.1 Å². The molecule has 5 nitrogen and oxygen atoms in total. The fourth-order valence-corrected chi connectivity index (χ4v) is 4.43. The van der Waals surface area contributed by atoms with Gasteiger partial charge in [0.05, 0.1) is 5.56 Å². The standard InChI is InChI=1S/C24H24BrN3O2/c1-16-12-22(17(2)28(16)21-9-4-7-19(25)14-21)24(30)26-20-8-3-6-18(13-20)15-27-11-5-10-23(27)29/h3-4,6-9,12-14H,5,10-11,15H2,1-2H3,(H,26,30). The Labute approximate surface area is 184 Å². The van der Waals surface area contributed by atoms with E-state index in [1.165, 1.54) is 0 Å². The van der Waals surface area contributed by atoms with E-state index >= 15 is 0 Å². The molecule has 6 heteroatoms. The van der Waals surface area contributed by atoms with Gasteiger partial charge in [-0.2, -0.15) is 0 Å². The van der Waals surface area contributed by atoms with Gasteiger partial charge in [0.2, 0.25) is 5.91 Å². The Morgan fingerprint density at radius 1 is 1.10 bits per heavy atom. The van der Waals surface area contributed by atoms with E-state index in [4.69, 9.17) is 0 Å². The second kappa shape index (κ2) is 8.48. The molecule has 0 aliphatic carbocycles. The Kier molecular flexibility index (Phi) is 5.77. The molecule has 0 atom stereocenters. The summed E-state index contributed by atoms with van der Waals surface area (Å²) in [5.74, 6) is 0.0585. The topological polar surface area (TPSA) is 54.3 Å². The van der Waals surface area contributed by atoms with Crippen molar-refractivity contribution in [3.05, 3.63) is 81.6 Å². The van der Waals surface area contributed by atoms with Gasteiger partial charge in [-0.25, -0.2) is 0 Å². The molecule has 154 valence electrons.